The lowest BCUT2D eigenvalue weighted by Crippen LogP contribution is -2.68. The first-order valence-electron chi connectivity index (χ1n) is 10.5. The molecular formula is C18H33NO14. The molecule has 0 bridgehead atoms. The van der Waals surface area contributed by atoms with E-state index < -0.39 is 105 Å². The molecule has 3 fully saturated rings. The molecule has 3 aliphatic rings. The van der Waals surface area contributed by atoms with E-state index in [1.165, 1.54) is 6.92 Å². The van der Waals surface area contributed by atoms with Crippen molar-refractivity contribution in [2.45, 2.75) is 99.0 Å². The second-order valence-corrected chi connectivity index (χ2v) is 8.41. The molecule has 3 saturated heterocycles. The predicted octanol–water partition coefficient (Wildman–Crippen LogP) is -6.58. The third-order valence-electron chi connectivity index (χ3n) is 6.13. The first-order chi connectivity index (χ1) is 15.5. The van der Waals surface area contributed by atoms with Crippen LogP contribution in [0, 0.1) is 0 Å². The van der Waals surface area contributed by atoms with Crippen LogP contribution in [0.5, 0.6) is 0 Å². The van der Waals surface area contributed by atoms with Crippen LogP contribution in [0.4, 0.5) is 0 Å². The summed E-state index contributed by atoms with van der Waals surface area (Å²) in [6.45, 7) is -0.00630. The molecule has 0 amide bonds. The highest BCUT2D eigenvalue weighted by atomic mass is 16.7. The lowest BCUT2D eigenvalue weighted by Gasteiger charge is -2.48. The van der Waals surface area contributed by atoms with E-state index in [1.54, 1.807) is 0 Å². The van der Waals surface area contributed by atoms with Gasteiger partial charge in [-0.1, -0.05) is 0 Å². The van der Waals surface area contributed by atoms with Crippen molar-refractivity contribution in [3.8, 4) is 0 Å². The van der Waals surface area contributed by atoms with Crippen LogP contribution in [0.2, 0.25) is 0 Å². The Morgan fingerprint density at radius 3 is 1.73 bits per heavy atom. The van der Waals surface area contributed by atoms with Gasteiger partial charge in [-0.3, -0.25) is 0 Å². The zero-order valence-electron chi connectivity index (χ0n) is 17.7. The van der Waals surface area contributed by atoms with Crippen molar-refractivity contribution in [2.75, 3.05) is 13.2 Å². The lowest BCUT2D eigenvalue weighted by molar-refractivity contribution is -0.369. The van der Waals surface area contributed by atoms with Gasteiger partial charge in [-0.2, -0.15) is 0 Å². The molecule has 11 unspecified atom stereocenters. The van der Waals surface area contributed by atoms with Crippen molar-refractivity contribution in [3.63, 3.8) is 0 Å². The van der Waals surface area contributed by atoms with Gasteiger partial charge in [0.15, 0.2) is 18.9 Å². The molecule has 11 N–H and O–H groups in total. The number of rotatable bonds is 6. The van der Waals surface area contributed by atoms with E-state index in [1.807, 2.05) is 0 Å². The number of hydrogen-bond acceptors (Lipinski definition) is 15. The Hall–Kier alpha value is -0.600. The topological polar surface area (TPSA) is 254 Å². The van der Waals surface area contributed by atoms with Crippen molar-refractivity contribution in [3.05, 3.63) is 0 Å². The van der Waals surface area contributed by atoms with E-state index in [0.717, 1.165) is 0 Å². The molecule has 0 spiro atoms. The molecule has 15 atom stereocenters. The molecule has 0 saturated carbocycles. The number of ether oxygens (including phenoxy) is 5. The van der Waals surface area contributed by atoms with Crippen LogP contribution in [-0.2, 0) is 23.7 Å². The van der Waals surface area contributed by atoms with E-state index in [9.17, 15) is 46.0 Å². The lowest BCUT2D eigenvalue weighted by atomic mass is 9.95. The molecule has 0 aromatic heterocycles. The van der Waals surface area contributed by atoms with Gasteiger partial charge in [0.25, 0.3) is 0 Å². The minimum absolute atomic E-state index is 0.716. The predicted molar refractivity (Wildman–Crippen MR) is 102 cm³/mol. The molecule has 33 heavy (non-hydrogen) atoms. The molecule has 0 aromatic rings. The van der Waals surface area contributed by atoms with E-state index >= 15 is 0 Å². The molecule has 3 heterocycles. The highest BCUT2D eigenvalue weighted by molar-refractivity contribution is 4.97. The smallest absolute Gasteiger partial charge is 0.187 e. The van der Waals surface area contributed by atoms with Crippen LogP contribution in [0.1, 0.15) is 6.92 Å². The van der Waals surface area contributed by atoms with Gasteiger partial charge in [0.05, 0.1) is 25.4 Å². The highest BCUT2D eigenvalue weighted by Crippen LogP contribution is 2.32. The van der Waals surface area contributed by atoms with Gasteiger partial charge < -0.3 is 75.4 Å². The average Bonchev–Trinajstić information content (AvgIpc) is 2.80. The summed E-state index contributed by atoms with van der Waals surface area (Å²) in [4.78, 5) is 0. The summed E-state index contributed by atoms with van der Waals surface area (Å²) in [5, 5.41) is 89.7. The summed E-state index contributed by atoms with van der Waals surface area (Å²) in [6, 6.07) is -1.36. The van der Waals surface area contributed by atoms with E-state index in [-0.39, 0.29) is 0 Å². The van der Waals surface area contributed by atoms with Crippen LogP contribution in [0.25, 0.3) is 0 Å². The maximum Gasteiger partial charge on any atom is 0.187 e. The third-order valence-corrected chi connectivity index (χ3v) is 6.13. The van der Waals surface area contributed by atoms with Gasteiger partial charge >= 0.3 is 0 Å². The Kier molecular flexibility index (Phi) is 8.99. The van der Waals surface area contributed by atoms with E-state index in [2.05, 4.69) is 0 Å². The summed E-state index contributed by atoms with van der Waals surface area (Å²) in [6.07, 6.45) is -21.1. The molecule has 0 radical (unpaired) electrons. The van der Waals surface area contributed by atoms with Gasteiger partial charge in [-0.25, -0.2) is 0 Å². The summed E-state index contributed by atoms with van der Waals surface area (Å²) < 4.78 is 27.3. The SMILES string of the molecule is CC1OC(O[C@H]2C(CO)OC(O)C(N)C2O[C@@H]2OC(CO)[C@H](O)C(O)C2O)C(O)C(O)[C@@H]1O. The fourth-order valence-corrected chi connectivity index (χ4v) is 4.04. The standard InChI is InChI=1S/C18H33NO14/c1-4-8(22)10(24)12(26)17(29-4)32-14-6(3-21)30-16(28)7(19)15(14)33-18-13(27)11(25)9(23)5(2-20)31-18/h4-18,20-28H,2-3,19H2,1H3/t4?,5?,6?,7?,8-,9+,10?,11?,12?,13?,14+,15?,16?,17?,18+/m1/s1. The van der Waals surface area contributed by atoms with Crippen LogP contribution < -0.4 is 5.73 Å². The Morgan fingerprint density at radius 2 is 1.15 bits per heavy atom. The molecular weight excluding hydrogens is 454 g/mol. The van der Waals surface area contributed by atoms with Crippen molar-refractivity contribution in [2.24, 2.45) is 5.73 Å². The second kappa shape index (κ2) is 11.0. The van der Waals surface area contributed by atoms with Gasteiger partial charge in [0, 0.05) is 0 Å². The number of hydrogen-bond donors (Lipinski definition) is 10. The van der Waals surface area contributed by atoms with Crippen LogP contribution in [0.15, 0.2) is 0 Å². The minimum Gasteiger partial charge on any atom is -0.394 e. The third kappa shape index (κ3) is 5.32. The molecule has 3 rings (SSSR count). The summed E-state index contributed by atoms with van der Waals surface area (Å²) in [5.74, 6) is 0. The van der Waals surface area contributed by atoms with Gasteiger partial charge in [0.1, 0.15) is 61.0 Å². The van der Waals surface area contributed by atoms with Crippen LogP contribution in [0.3, 0.4) is 0 Å². The molecule has 15 heteroatoms. The van der Waals surface area contributed by atoms with Crippen molar-refractivity contribution < 1.29 is 69.6 Å². The number of aliphatic hydroxyl groups is 9. The largest absolute Gasteiger partial charge is 0.394 e. The average molecular weight is 487 g/mol. The molecule has 3 aliphatic heterocycles. The van der Waals surface area contributed by atoms with Crippen molar-refractivity contribution >= 4 is 0 Å². The fourth-order valence-electron chi connectivity index (χ4n) is 4.04. The normalized spacial score (nSPS) is 53.7. The van der Waals surface area contributed by atoms with Crippen molar-refractivity contribution in [1.29, 1.82) is 0 Å². The Balaban J connectivity index is 1.83. The second-order valence-electron chi connectivity index (χ2n) is 8.41. The molecule has 0 aliphatic carbocycles. The first-order valence-corrected chi connectivity index (χ1v) is 10.5. The Labute approximate surface area is 188 Å². The summed E-state index contributed by atoms with van der Waals surface area (Å²) >= 11 is 0. The monoisotopic (exact) mass is 487 g/mol. The quantitative estimate of drug-likeness (QED) is 0.167. The Bertz CT molecular complexity index is 629. The highest BCUT2D eigenvalue weighted by Gasteiger charge is 2.53. The molecule has 0 aromatic carbocycles. The fraction of sp³-hybridized carbons (Fsp3) is 1.00. The van der Waals surface area contributed by atoms with Gasteiger partial charge in [-0.15, -0.1) is 0 Å². The van der Waals surface area contributed by atoms with E-state index in [0.29, 0.717) is 0 Å². The number of aliphatic hydroxyl groups excluding tert-OH is 9. The van der Waals surface area contributed by atoms with E-state index in [4.69, 9.17) is 29.4 Å². The first kappa shape index (κ1) is 27.0. The Morgan fingerprint density at radius 1 is 0.636 bits per heavy atom. The summed E-state index contributed by atoms with van der Waals surface area (Å²) in [5.41, 5.74) is 5.99. The maximum atomic E-state index is 10.3. The molecule has 194 valence electrons. The molecule has 15 nitrogen and oxygen atoms in total. The number of nitrogens with two attached hydrogens (primary N) is 1. The van der Waals surface area contributed by atoms with Crippen LogP contribution >= 0.6 is 0 Å². The van der Waals surface area contributed by atoms with Crippen LogP contribution in [-0.4, -0.2) is 151 Å². The van der Waals surface area contributed by atoms with Gasteiger partial charge in [-0.05, 0) is 6.92 Å². The summed E-state index contributed by atoms with van der Waals surface area (Å²) in [7, 11) is 0. The van der Waals surface area contributed by atoms with Gasteiger partial charge in [0.2, 0.25) is 0 Å². The van der Waals surface area contributed by atoms with Crippen molar-refractivity contribution in [1.82, 2.24) is 0 Å². The minimum atomic E-state index is -1.79. The maximum absolute atomic E-state index is 10.3. The zero-order chi connectivity index (χ0) is 24.6. The zero-order valence-corrected chi connectivity index (χ0v) is 17.7.